The van der Waals surface area contributed by atoms with Crippen LogP contribution in [0.4, 0.5) is 5.69 Å². The number of aromatic nitrogens is 2. The average Bonchev–Trinajstić information content (AvgIpc) is 2.87. The van der Waals surface area contributed by atoms with E-state index >= 15 is 0 Å². The molecule has 0 amide bonds. The van der Waals surface area contributed by atoms with Crippen LogP contribution in [0.15, 0.2) is 34.3 Å². The molecule has 13 heteroatoms. The van der Waals surface area contributed by atoms with Crippen molar-refractivity contribution in [1.29, 1.82) is 0 Å². The number of nitro benzene ring substituents is 1. The number of imidazole rings is 1. The molecule has 1 aromatic heterocycles. The Bertz CT molecular complexity index is 1170. The van der Waals surface area contributed by atoms with E-state index in [-0.39, 0.29) is 48.2 Å². The first-order valence-electron chi connectivity index (χ1n) is 9.20. The van der Waals surface area contributed by atoms with Gasteiger partial charge in [0.25, 0.3) is 15.7 Å². The molecular formula is C17H23N5O6S2. The Labute approximate surface area is 175 Å². The first-order valence-corrected chi connectivity index (χ1v) is 12.1. The summed E-state index contributed by atoms with van der Waals surface area (Å²) in [7, 11) is -6.18. The van der Waals surface area contributed by atoms with Crippen LogP contribution >= 0.6 is 0 Å². The van der Waals surface area contributed by atoms with Gasteiger partial charge >= 0.3 is 0 Å². The Morgan fingerprint density at radius 1 is 1.00 bits per heavy atom. The molecule has 0 radical (unpaired) electrons. The summed E-state index contributed by atoms with van der Waals surface area (Å²) in [5.74, 6) is 0.550. The van der Waals surface area contributed by atoms with Gasteiger partial charge in [-0.3, -0.25) is 10.1 Å². The first-order chi connectivity index (χ1) is 13.9. The Hall–Kier alpha value is -2.35. The Balaban J connectivity index is 1.86. The third kappa shape index (κ3) is 4.10. The Morgan fingerprint density at radius 3 is 2.13 bits per heavy atom. The maximum Gasteiger partial charge on any atom is 0.270 e. The fourth-order valence-corrected chi connectivity index (χ4v) is 6.46. The van der Waals surface area contributed by atoms with Crippen molar-refractivity contribution in [2.45, 2.75) is 30.2 Å². The van der Waals surface area contributed by atoms with Gasteiger partial charge in [-0.15, -0.1) is 0 Å². The highest BCUT2D eigenvalue weighted by Crippen LogP contribution is 2.26. The Kier molecular flexibility index (Phi) is 6.00. The van der Waals surface area contributed by atoms with Crippen molar-refractivity contribution >= 4 is 25.7 Å². The van der Waals surface area contributed by atoms with Crippen molar-refractivity contribution in [3.05, 3.63) is 45.9 Å². The number of hydrogen-bond acceptors (Lipinski definition) is 7. The zero-order valence-corrected chi connectivity index (χ0v) is 18.5. The molecule has 164 valence electrons. The number of aryl methyl sites for hydroxylation is 3. The summed E-state index contributed by atoms with van der Waals surface area (Å²) in [4.78, 5) is 14.3. The van der Waals surface area contributed by atoms with Crippen LogP contribution < -0.4 is 0 Å². The molecule has 0 unspecified atom stereocenters. The van der Waals surface area contributed by atoms with Crippen LogP contribution in [0.2, 0.25) is 0 Å². The Morgan fingerprint density at radius 2 is 1.60 bits per heavy atom. The number of benzene rings is 1. The smallest absolute Gasteiger partial charge is 0.270 e. The topological polar surface area (TPSA) is 136 Å². The standard InChI is InChI=1S/C17H23N5O6S2/c1-13-5-6-15(22(23)24)11-16(13)29(25,26)20-7-4-8-21(10-9-20)30(27,28)17-12-19(3)14(2)18-17/h5-6,11-12H,4,7-10H2,1-3H3. The van der Waals surface area contributed by atoms with Gasteiger partial charge in [0.05, 0.1) is 9.82 Å². The summed E-state index contributed by atoms with van der Waals surface area (Å²) in [6.45, 7) is 3.42. The van der Waals surface area contributed by atoms with Crippen LogP contribution in [0.25, 0.3) is 0 Å². The van der Waals surface area contributed by atoms with E-state index < -0.39 is 25.0 Å². The van der Waals surface area contributed by atoms with Gasteiger partial charge in [0.1, 0.15) is 5.82 Å². The lowest BCUT2D eigenvalue weighted by molar-refractivity contribution is -0.385. The molecule has 1 aliphatic heterocycles. The van der Waals surface area contributed by atoms with Gasteiger partial charge in [0.2, 0.25) is 10.0 Å². The van der Waals surface area contributed by atoms with Crippen LogP contribution in [-0.2, 0) is 27.1 Å². The number of rotatable bonds is 5. The monoisotopic (exact) mass is 457 g/mol. The maximum atomic E-state index is 13.1. The minimum Gasteiger partial charge on any atom is -0.337 e. The van der Waals surface area contributed by atoms with Gasteiger partial charge in [0.15, 0.2) is 5.03 Å². The van der Waals surface area contributed by atoms with Crippen molar-refractivity contribution < 1.29 is 21.8 Å². The quantitative estimate of drug-likeness (QED) is 0.483. The van der Waals surface area contributed by atoms with E-state index in [4.69, 9.17) is 0 Å². The molecule has 1 fully saturated rings. The number of nitrogens with zero attached hydrogens (tertiary/aromatic N) is 5. The fourth-order valence-electron chi connectivity index (χ4n) is 3.25. The van der Waals surface area contributed by atoms with Gasteiger partial charge in [-0.25, -0.2) is 21.8 Å². The van der Waals surface area contributed by atoms with Crippen molar-refractivity contribution in [2.75, 3.05) is 26.2 Å². The van der Waals surface area contributed by atoms with Crippen molar-refractivity contribution in [2.24, 2.45) is 7.05 Å². The molecule has 1 aliphatic rings. The highest BCUT2D eigenvalue weighted by molar-refractivity contribution is 7.89. The van der Waals surface area contributed by atoms with E-state index in [2.05, 4.69) is 4.98 Å². The van der Waals surface area contributed by atoms with Crippen LogP contribution in [-0.4, -0.2) is 66.1 Å². The molecule has 0 spiro atoms. The van der Waals surface area contributed by atoms with Gasteiger partial charge < -0.3 is 4.57 Å². The van der Waals surface area contributed by atoms with E-state index in [0.717, 1.165) is 6.07 Å². The number of nitro groups is 1. The minimum atomic E-state index is -4.02. The van der Waals surface area contributed by atoms with E-state index in [9.17, 15) is 26.9 Å². The van der Waals surface area contributed by atoms with E-state index in [1.165, 1.54) is 26.9 Å². The second-order valence-electron chi connectivity index (χ2n) is 7.11. The minimum absolute atomic E-state index is 0.0365. The lowest BCUT2D eigenvalue weighted by atomic mass is 10.2. The van der Waals surface area contributed by atoms with Crippen LogP contribution in [0.5, 0.6) is 0 Å². The molecule has 0 atom stereocenters. The predicted octanol–water partition coefficient (Wildman–Crippen LogP) is 1.03. The molecule has 0 saturated carbocycles. The third-order valence-electron chi connectivity index (χ3n) is 5.10. The zero-order valence-electron chi connectivity index (χ0n) is 16.8. The molecule has 1 aromatic carbocycles. The maximum absolute atomic E-state index is 13.1. The van der Waals surface area contributed by atoms with Gasteiger partial charge in [-0.05, 0) is 25.8 Å². The van der Waals surface area contributed by atoms with Crippen molar-refractivity contribution in [3.63, 3.8) is 0 Å². The summed E-state index contributed by atoms with van der Waals surface area (Å²) >= 11 is 0. The summed E-state index contributed by atoms with van der Waals surface area (Å²) in [5.41, 5.74) is 0.0713. The van der Waals surface area contributed by atoms with E-state index in [0.29, 0.717) is 11.4 Å². The first kappa shape index (κ1) is 22.3. The lowest BCUT2D eigenvalue weighted by Crippen LogP contribution is -2.37. The molecule has 0 N–H and O–H groups in total. The number of non-ortho nitro benzene ring substituents is 1. The van der Waals surface area contributed by atoms with Crippen molar-refractivity contribution in [3.8, 4) is 0 Å². The summed E-state index contributed by atoms with van der Waals surface area (Å²) in [6, 6.07) is 3.68. The molecule has 2 heterocycles. The highest BCUT2D eigenvalue weighted by atomic mass is 32.2. The fraction of sp³-hybridized carbons (Fsp3) is 0.471. The second kappa shape index (κ2) is 8.06. The SMILES string of the molecule is Cc1ccc([N+](=O)[O-])cc1S(=O)(=O)N1CCCN(S(=O)(=O)c2cn(C)c(C)n2)CC1. The van der Waals surface area contributed by atoms with Gasteiger partial charge in [-0.2, -0.15) is 8.61 Å². The third-order valence-corrected chi connectivity index (χ3v) is 8.92. The largest absolute Gasteiger partial charge is 0.337 e. The molecule has 0 bridgehead atoms. The molecule has 11 nitrogen and oxygen atoms in total. The number of sulfonamides is 2. The van der Waals surface area contributed by atoms with Crippen molar-refractivity contribution in [1.82, 2.24) is 18.2 Å². The van der Waals surface area contributed by atoms with E-state index in [1.807, 2.05) is 0 Å². The van der Waals surface area contributed by atoms with Gasteiger partial charge in [-0.1, -0.05) is 6.07 Å². The highest BCUT2D eigenvalue weighted by Gasteiger charge is 2.34. The molecular weight excluding hydrogens is 434 g/mol. The molecule has 1 saturated heterocycles. The zero-order chi connectivity index (χ0) is 22.3. The van der Waals surface area contributed by atoms with Crippen LogP contribution in [0.3, 0.4) is 0 Å². The molecule has 2 aromatic rings. The molecule has 3 rings (SSSR count). The number of hydrogen-bond donors (Lipinski definition) is 0. The van der Waals surface area contributed by atoms with Crippen LogP contribution in [0.1, 0.15) is 17.8 Å². The summed E-state index contributed by atoms with van der Waals surface area (Å²) in [5, 5.41) is 11.0. The van der Waals surface area contributed by atoms with Gasteiger partial charge in [0, 0.05) is 51.6 Å². The lowest BCUT2D eigenvalue weighted by Gasteiger charge is -2.21. The van der Waals surface area contributed by atoms with E-state index in [1.54, 1.807) is 25.5 Å². The summed E-state index contributed by atoms with van der Waals surface area (Å²) < 4.78 is 56.1. The molecule has 30 heavy (non-hydrogen) atoms. The summed E-state index contributed by atoms with van der Waals surface area (Å²) in [6.07, 6.45) is 1.72. The van der Waals surface area contributed by atoms with Crippen LogP contribution in [0, 0.1) is 24.0 Å². The average molecular weight is 458 g/mol. The second-order valence-corrected chi connectivity index (χ2v) is 10.9. The normalized spacial score (nSPS) is 17.0. The predicted molar refractivity (Wildman–Crippen MR) is 108 cm³/mol. The molecule has 0 aliphatic carbocycles.